The number of hydrogen-bond acceptors (Lipinski definition) is 5. The van der Waals surface area contributed by atoms with Gasteiger partial charge >= 0.3 is 6.09 Å². The SMILES string of the molecule is Cc1ccc([C@H]2[C@H](S(=O)(=O)c3ccc(Cl)cc3)[C@@]2(C=O)NC(=O)OC(C)(C)C)cc1. The third-order valence-corrected chi connectivity index (χ3v) is 7.52. The minimum Gasteiger partial charge on any atom is -0.444 e. The molecule has 1 fully saturated rings. The fraction of sp³-hybridized carbons (Fsp3) is 0.364. The first-order chi connectivity index (χ1) is 13.9. The van der Waals surface area contributed by atoms with E-state index < -0.39 is 38.2 Å². The molecule has 0 heterocycles. The molecule has 2 aromatic carbocycles. The molecule has 1 N–H and O–H groups in total. The average molecular weight is 450 g/mol. The van der Waals surface area contributed by atoms with Crippen LogP contribution in [0.4, 0.5) is 4.79 Å². The maximum absolute atomic E-state index is 13.4. The number of amides is 1. The van der Waals surface area contributed by atoms with Crippen LogP contribution in [0, 0.1) is 6.92 Å². The first-order valence-corrected chi connectivity index (χ1v) is 11.4. The molecule has 0 bridgehead atoms. The van der Waals surface area contributed by atoms with Crippen molar-refractivity contribution in [2.75, 3.05) is 0 Å². The van der Waals surface area contributed by atoms with Gasteiger partial charge in [0.2, 0.25) is 0 Å². The van der Waals surface area contributed by atoms with Crippen molar-refractivity contribution in [1.82, 2.24) is 5.32 Å². The molecule has 0 unspecified atom stereocenters. The molecule has 1 aliphatic rings. The molecule has 30 heavy (non-hydrogen) atoms. The number of carbonyl (C=O) groups is 2. The first-order valence-electron chi connectivity index (χ1n) is 9.44. The van der Waals surface area contributed by atoms with Crippen molar-refractivity contribution in [3.05, 3.63) is 64.7 Å². The van der Waals surface area contributed by atoms with E-state index in [0.29, 0.717) is 16.9 Å². The molecule has 160 valence electrons. The van der Waals surface area contributed by atoms with Crippen molar-refractivity contribution in [3.8, 4) is 0 Å². The summed E-state index contributed by atoms with van der Waals surface area (Å²) in [5, 5.41) is 1.77. The highest BCUT2D eigenvalue weighted by Crippen LogP contribution is 2.56. The Bertz CT molecular complexity index is 1060. The second-order valence-corrected chi connectivity index (χ2v) is 11.0. The summed E-state index contributed by atoms with van der Waals surface area (Å²) in [5.41, 5.74) is -0.789. The van der Waals surface area contributed by atoms with E-state index in [4.69, 9.17) is 16.3 Å². The smallest absolute Gasteiger partial charge is 0.408 e. The van der Waals surface area contributed by atoms with E-state index in [1.807, 2.05) is 19.1 Å². The van der Waals surface area contributed by atoms with Gasteiger partial charge in [-0.2, -0.15) is 0 Å². The van der Waals surface area contributed by atoms with Gasteiger partial charge in [-0.05, 0) is 57.5 Å². The quantitative estimate of drug-likeness (QED) is 0.695. The maximum atomic E-state index is 13.4. The number of carbonyl (C=O) groups excluding carboxylic acids is 2. The fourth-order valence-corrected chi connectivity index (χ4v) is 5.98. The van der Waals surface area contributed by atoms with Gasteiger partial charge in [0.15, 0.2) is 9.84 Å². The highest BCUT2D eigenvalue weighted by Gasteiger charge is 2.73. The first kappa shape index (κ1) is 22.3. The summed E-state index contributed by atoms with van der Waals surface area (Å²) in [6.45, 7) is 6.97. The van der Waals surface area contributed by atoms with E-state index >= 15 is 0 Å². The van der Waals surface area contributed by atoms with Crippen LogP contribution >= 0.6 is 11.6 Å². The van der Waals surface area contributed by atoms with E-state index in [0.717, 1.165) is 5.56 Å². The lowest BCUT2D eigenvalue weighted by atomic mass is 10.1. The van der Waals surface area contributed by atoms with Crippen LogP contribution in [0.5, 0.6) is 0 Å². The molecular formula is C22H24ClNO5S. The minimum atomic E-state index is -3.96. The normalized spacial score (nSPS) is 23.5. The summed E-state index contributed by atoms with van der Waals surface area (Å²) >= 11 is 5.89. The minimum absolute atomic E-state index is 0.0312. The number of aryl methyl sites for hydroxylation is 1. The Morgan fingerprint density at radius 2 is 1.67 bits per heavy atom. The van der Waals surface area contributed by atoms with Crippen LogP contribution in [0.25, 0.3) is 0 Å². The van der Waals surface area contributed by atoms with Gasteiger partial charge in [0.1, 0.15) is 22.7 Å². The molecule has 0 aromatic heterocycles. The molecule has 8 heteroatoms. The van der Waals surface area contributed by atoms with E-state index in [-0.39, 0.29) is 4.90 Å². The van der Waals surface area contributed by atoms with Gasteiger partial charge in [-0.15, -0.1) is 0 Å². The Morgan fingerprint density at radius 3 is 2.17 bits per heavy atom. The van der Waals surface area contributed by atoms with Crippen LogP contribution in [0.15, 0.2) is 53.4 Å². The summed E-state index contributed by atoms with van der Waals surface area (Å²) in [6, 6.07) is 12.9. The van der Waals surface area contributed by atoms with Gasteiger partial charge in [-0.25, -0.2) is 13.2 Å². The summed E-state index contributed by atoms with van der Waals surface area (Å²) in [4.78, 5) is 24.7. The highest BCUT2D eigenvalue weighted by atomic mass is 35.5. The molecule has 0 saturated heterocycles. The van der Waals surface area contributed by atoms with Crippen molar-refractivity contribution in [2.45, 2.75) is 54.9 Å². The Kier molecular flexibility index (Phi) is 5.73. The largest absolute Gasteiger partial charge is 0.444 e. The Labute approximate surface area is 181 Å². The molecule has 3 atom stereocenters. The number of nitrogens with one attached hydrogen (secondary N) is 1. The van der Waals surface area contributed by atoms with Crippen molar-refractivity contribution < 1.29 is 22.7 Å². The lowest BCUT2D eigenvalue weighted by Crippen LogP contribution is -2.45. The van der Waals surface area contributed by atoms with Crippen molar-refractivity contribution in [3.63, 3.8) is 0 Å². The molecule has 0 aliphatic heterocycles. The summed E-state index contributed by atoms with van der Waals surface area (Å²) in [7, 11) is -3.96. The predicted octanol–water partition coefficient (Wildman–Crippen LogP) is 4.05. The Hall–Kier alpha value is -2.38. The molecule has 6 nitrogen and oxygen atoms in total. The number of alkyl carbamates (subject to hydrolysis) is 1. The van der Waals surface area contributed by atoms with Crippen LogP contribution in [0.2, 0.25) is 5.02 Å². The van der Waals surface area contributed by atoms with Crippen LogP contribution < -0.4 is 5.32 Å². The molecule has 0 spiro atoms. The van der Waals surface area contributed by atoms with Crippen LogP contribution in [-0.2, 0) is 19.4 Å². The average Bonchev–Trinajstić information content (AvgIpc) is 3.30. The number of aldehydes is 1. The van der Waals surface area contributed by atoms with Crippen molar-refractivity contribution in [2.24, 2.45) is 0 Å². The van der Waals surface area contributed by atoms with Gasteiger partial charge in [0.25, 0.3) is 0 Å². The number of rotatable bonds is 5. The third kappa shape index (κ3) is 4.23. The number of sulfone groups is 1. The van der Waals surface area contributed by atoms with Gasteiger partial charge in [0.05, 0.1) is 4.90 Å². The van der Waals surface area contributed by atoms with Gasteiger partial charge < -0.3 is 14.8 Å². The second kappa shape index (κ2) is 7.71. The number of halogens is 1. The predicted molar refractivity (Wildman–Crippen MR) is 115 cm³/mol. The zero-order valence-corrected chi connectivity index (χ0v) is 18.8. The van der Waals surface area contributed by atoms with Crippen molar-refractivity contribution in [1.29, 1.82) is 0 Å². The summed E-state index contributed by atoms with van der Waals surface area (Å²) in [5.74, 6) is -0.746. The van der Waals surface area contributed by atoms with Crippen LogP contribution in [-0.4, -0.2) is 37.2 Å². The molecular weight excluding hydrogens is 426 g/mol. The van der Waals surface area contributed by atoms with Gasteiger partial charge in [-0.1, -0.05) is 41.4 Å². The maximum Gasteiger partial charge on any atom is 0.408 e. The van der Waals surface area contributed by atoms with Gasteiger partial charge in [0, 0.05) is 10.9 Å². The summed E-state index contributed by atoms with van der Waals surface area (Å²) in [6.07, 6.45) is -0.347. The molecule has 3 rings (SSSR count). The Morgan fingerprint density at radius 1 is 1.10 bits per heavy atom. The second-order valence-electron chi connectivity index (χ2n) is 8.49. The number of ether oxygens (including phenoxy) is 1. The fourth-order valence-electron chi connectivity index (χ4n) is 3.60. The Balaban J connectivity index is 2.04. The van der Waals surface area contributed by atoms with Crippen LogP contribution in [0.1, 0.15) is 37.8 Å². The zero-order chi connectivity index (χ0) is 22.3. The molecule has 1 amide bonds. The summed E-state index contributed by atoms with van der Waals surface area (Å²) < 4.78 is 32.1. The van der Waals surface area contributed by atoms with Crippen molar-refractivity contribution >= 4 is 33.8 Å². The molecule has 1 saturated carbocycles. The topological polar surface area (TPSA) is 89.5 Å². The highest BCUT2D eigenvalue weighted by molar-refractivity contribution is 7.92. The van der Waals surface area contributed by atoms with E-state index in [1.165, 1.54) is 24.3 Å². The molecule has 2 aromatic rings. The van der Waals surface area contributed by atoms with E-state index in [2.05, 4.69) is 5.32 Å². The lowest BCUT2D eigenvalue weighted by Gasteiger charge is -2.22. The van der Waals surface area contributed by atoms with E-state index in [1.54, 1.807) is 32.9 Å². The third-order valence-electron chi connectivity index (χ3n) is 5.00. The monoisotopic (exact) mass is 449 g/mol. The molecule has 0 radical (unpaired) electrons. The number of benzene rings is 2. The van der Waals surface area contributed by atoms with E-state index in [9.17, 15) is 18.0 Å². The standard InChI is InChI=1S/C22H24ClNO5S/c1-14-5-7-15(8-6-14)18-19(30(27,28)17-11-9-16(23)10-12-17)22(18,13-25)24-20(26)29-21(2,3)4/h5-13,18-19H,1-4H3,(H,24,26)/t18-,19-,22-/m0/s1. The zero-order valence-electron chi connectivity index (χ0n) is 17.2. The molecule has 1 aliphatic carbocycles. The lowest BCUT2D eigenvalue weighted by molar-refractivity contribution is -0.110. The number of hydrogen-bond donors (Lipinski definition) is 1. The van der Waals surface area contributed by atoms with Crippen LogP contribution in [0.3, 0.4) is 0 Å². The van der Waals surface area contributed by atoms with Gasteiger partial charge in [-0.3, -0.25) is 0 Å².